The zero-order chi connectivity index (χ0) is 13.2. The van der Waals surface area contributed by atoms with Crippen LogP contribution in [0.2, 0.25) is 0 Å². The van der Waals surface area contributed by atoms with E-state index in [1.165, 1.54) is 12.8 Å². The summed E-state index contributed by atoms with van der Waals surface area (Å²) in [7, 11) is 0. The molecule has 0 radical (unpaired) electrons. The van der Waals surface area contributed by atoms with Crippen LogP contribution in [0.1, 0.15) is 29.1 Å². The van der Waals surface area contributed by atoms with Crippen molar-refractivity contribution in [1.82, 2.24) is 10.1 Å². The second kappa shape index (κ2) is 4.72. The Morgan fingerprint density at radius 1 is 1.42 bits per heavy atom. The maximum absolute atomic E-state index is 11.9. The number of aromatic nitrogens is 2. The lowest BCUT2D eigenvalue weighted by molar-refractivity contribution is 0.102. The minimum absolute atomic E-state index is 0.300. The molecule has 0 saturated heterocycles. The molecule has 1 amide bonds. The summed E-state index contributed by atoms with van der Waals surface area (Å²) in [5.74, 6) is 0.739. The molecule has 3 rings (SSSR count). The molecule has 1 saturated carbocycles. The molecule has 1 aliphatic carbocycles. The molecule has 6 heteroatoms. The fourth-order valence-corrected chi connectivity index (χ4v) is 1.68. The summed E-state index contributed by atoms with van der Waals surface area (Å²) >= 11 is 0. The van der Waals surface area contributed by atoms with E-state index in [9.17, 15) is 4.79 Å². The zero-order valence-corrected chi connectivity index (χ0v) is 10.5. The first kappa shape index (κ1) is 11.7. The molecule has 1 aliphatic rings. The average Bonchev–Trinajstić information content (AvgIpc) is 3.12. The Morgan fingerprint density at radius 3 is 2.84 bits per heavy atom. The van der Waals surface area contributed by atoms with Gasteiger partial charge in [0.25, 0.3) is 5.91 Å². The molecule has 2 heterocycles. The van der Waals surface area contributed by atoms with Crippen LogP contribution in [0.15, 0.2) is 28.9 Å². The van der Waals surface area contributed by atoms with Gasteiger partial charge in [0.05, 0.1) is 11.9 Å². The van der Waals surface area contributed by atoms with Crippen LogP contribution in [0.3, 0.4) is 0 Å². The number of anilines is 2. The topological polar surface area (TPSA) is 80.0 Å². The van der Waals surface area contributed by atoms with E-state index in [2.05, 4.69) is 20.8 Å². The number of carbonyl (C=O) groups is 1. The Labute approximate surface area is 110 Å². The lowest BCUT2D eigenvalue weighted by atomic mass is 10.3. The van der Waals surface area contributed by atoms with Crippen LogP contribution in [-0.2, 0) is 0 Å². The van der Waals surface area contributed by atoms with Gasteiger partial charge in [-0.3, -0.25) is 4.79 Å². The molecule has 0 spiro atoms. The zero-order valence-electron chi connectivity index (χ0n) is 10.5. The lowest BCUT2D eigenvalue weighted by Crippen LogP contribution is -2.14. The number of amides is 1. The first-order valence-corrected chi connectivity index (χ1v) is 6.18. The number of hydrogen-bond donors (Lipinski definition) is 2. The highest BCUT2D eigenvalue weighted by Crippen LogP contribution is 2.24. The van der Waals surface area contributed by atoms with Gasteiger partial charge in [-0.1, -0.05) is 5.16 Å². The Bertz CT molecular complexity index is 587. The van der Waals surface area contributed by atoms with Gasteiger partial charge in [0.2, 0.25) is 0 Å². The van der Waals surface area contributed by atoms with Crippen LogP contribution >= 0.6 is 0 Å². The van der Waals surface area contributed by atoms with Crippen molar-refractivity contribution in [3.8, 4) is 0 Å². The largest absolute Gasteiger partial charge is 0.381 e. The Hall–Kier alpha value is -2.37. The van der Waals surface area contributed by atoms with Crippen LogP contribution in [0.25, 0.3) is 0 Å². The third-order valence-electron chi connectivity index (χ3n) is 2.81. The van der Waals surface area contributed by atoms with Gasteiger partial charge in [-0.15, -0.1) is 0 Å². The summed E-state index contributed by atoms with van der Waals surface area (Å²) in [6.07, 6.45) is 4.07. The van der Waals surface area contributed by atoms with Gasteiger partial charge in [0.15, 0.2) is 5.82 Å². The molecule has 0 bridgehead atoms. The van der Waals surface area contributed by atoms with Crippen molar-refractivity contribution in [2.45, 2.75) is 25.8 Å². The van der Waals surface area contributed by atoms with Crippen molar-refractivity contribution >= 4 is 17.4 Å². The highest BCUT2D eigenvalue weighted by Gasteiger charge is 2.20. The quantitative estimate of drug-likeness (QED) is 0.878. The summed E-state index contributed by atoms with van der Waals surface area (Å²) in [5, 5.41) is 9.64. The molecule has 1 fully saturated rings. The second-order valence-electron chi connectivity index (χ2n) is 4.63. The standard InChI is InChI=1S/C13H14N4O2/c1-8-6-12(17-19-8)16-13(18)11-5-4-10(7-14-11)15-9-2-3-9/h4-7,9,15H,2-3H2,1H3,(H,16,17,18). The van der Waals surface area contributed by atoms with Gasteiger partial charge >= 0.3 is 0 Å². The van der Waals surface area contributed by atoms with E-state index in [0.717, 1.165) is 5.69 Å². The van der Waals surface area contributed by atoms with E-state index < -0.39 is 0 Å². The van der Waals surface area contributed by atoms with Crippen LogP contribution in [0, 0.1) is 6.92 Å². The van der Waals surface area contributed by atoms with Crippen molar-refractivity contribution in [3.05, 3.63) is 35.9 Å². The summed E-state index contributed by atoms with van der Waals surface area (Å²) < 4.78 is 4.88. The van der Waals surface area contributed by atoms with E-state index >= 15 is 0 Å². The first-order chi connectivity index (χ1) is 9.20. The summed E-state index contributed by atoms with van der Waals surface area (Å²) in [6.45, 7) is 1.76. The average molecular weight is 258 g/mol. The molecule has 2 N–H and O–H groups in total. The molecule has 2 aromatic heterocycles. The van der Waals surface area contributed by atoms with Gasteiger partial charge in [0.1, 0.15) is 11.5 Å². The predicted octanol–water partition coefficient (Wildman–Crippen LogP) is 2.20. The van der Waals surface area contributed by atoms with E-state index in [0.29, 0.717) is 23.3 Å². The van der Waals surface area contributed by atoms with Gasteiger partial charge in [-0.25, -0.2) is 4.98 Å². The third-order valence-corrected chi connectivity index (χ3v) is 2.81. The summed E-state index contributed by atoms with van der Waals surface area (Å²) in [5.41, 5.74) is 1.29. The molecule has 6 nitrogen and oxygen atoms in total. The van der Waals surface area contributed by atoms with E-state index in [1.54, 1.807) is 25.3 Å². The monoisotopic (exact) mass is 258 g/mol. The van der Waals surface area contributed by atoms with Crippen LogP contribution in [-0.4, -0.2) is 22.1 Å². The third kappa shape index (κ3) is 2.90. The van der Waals surface area contributed by atoms with Gasteiger partial charge in [-0.05, 0) is 31.9 Å². The first-order valence-electron chi connectivity index (χ1n) is 6.18. The van der Waals surface area contributed by atoms with Crippen molar-refractivity contribution in [1.29, 1.82) is 0 Å². The van der Waals surface area contributed by atoms with Crippen molar-refractivity contribution in [3.63, 3.8) is 0 Å². The molecule has 0 aliphatic heterocycles. The Morgan fingerprint density at radius 2 is 2.26 bits per heavy atom. The molecule has 0 atom stereocenters. The van der Waals surface area contributed by atoms with Crippen molar-refractivity contribution in [2.24, 2.45) is 0 Å². The Kier molecular flexibility index (Phi) is 2.91. The lowest BCUT2D eigenvalue weighted by Gasteiger charge is -2.05. The second-order valence-corrected chi connectivity index (χ2v) is 4.63. The maximum atomic E-state index is 11.9. The van der Waals surface area contributed by atoms with Gasteiger partial charge < -0.3 is 15.2 Å². The molecule has 2 aromatic rings. The molecule has 0 aromatic carbocycles. The highest BCUT2D eigenvalue weighted by atomic mass is 16.5. The molecular weight excluding hydrogens is 244 g/mol. The normalized spacial score (nSPS) is 14.2. The SMILES string of the molecule is Cc1cc(NC(=O)c2ccc(NC3CC3)cn2)no1. The molecule has 0 unspecified atom stereocenters. The van der Waals surface area contributed by atoms with Gasteiger partial charge in [-0.2, -0.15) is 0 Å². The molecular formula is C13H14N4O2. The van der Waals surface area contributed by atoms with Crippen LogP contribution in [0.5, 0.6) is 0 Å². The minimum Gasteiger partial charge on any atom is -0.381 e. The number of rotatable bonds is 4. The van der Waals surface area contributed by atoms with E-state index in [1.807, 2.05) is 6.07 Å². The number of hydrogen-bond acceptors (Lipinski definition) is 5. The fraction of sp³-hybridized carbons (Fsp3) is 0.308. The summed E-state index contributed by atoms with van der Waals surface area (Å²) in [4.78, 5) is 16.0. The van der Waals surface area contributed by atoms with E-state index in [4.69, 9.17) is 4.52 Å². The van der Waals surface area contributed by atoms with Crippen LogP contribution < -0.4 is 10.6 Å². The number of aryl methyl sites for hydroxylation is 1. The number of nitrogens with one attached hydrogen (secondary N) is 2. The fourth-order valence-electron chi connectivity index (χ4n) is 1.68. The van der Waals surface area contributed by atoms with Crippen molar-refractivity contribution in [2.75, 3.05) is 10.6 Å². The van der Waals surface area contributed by atoms with Crippen molar-refractivity contribution < 1.29 is 9.32 Å². The predicted molar refractivity (Wildman–Crippen MR) is 70.1 cm³/mol. The molecule has 98 valence electrons. The number of nitrogens with zero attached hydrogens (tertiary/aromatic N) is 2. The number of carbonyl (C=O) groups excluding carboxylic acids is 1. The molecule has 19 heavy (non-hydrogen) atoms. The highest BCUT2D eigenvalue weighted by molar-refractivity contribution is 6.02. The summed E-state index contributed by atoms with van der Waals surface area (Å²) in [6, 6.07) is 5.77. The maximum Gasteiger partial charge on any atom is 0.275 e. The minimum atomic E-state index is -0.300. The van der Waals surface area contributed by atoms with Crippen LogP contribution in [0.4, 0.5) is 11.5 Å². The number of pyridine rings is 1. The van der Waals surface area contributed by atoms with Gasteiger partial charge in [0, 0.05) is 12.1 Å². The van der Waals surface area contributed by atoms with E-state index in [-0.39, 0.29) is 5.91 Å². The smallest absolute Gasteiger partial charge is 0.275 e. The Balaban J connectivity index is 1.65.